The molecule has 88 valence electrons. The number of ether oxygens (including phenoxy) is 1. The molecule has 0 bridgehead atoms. The average Bonchev–Trinajstić information content (AvgIpc) is 2.33. The molecule has 0 atom stereocenters. The fraction of sp³-hybridized carbons (Fsp3) is 0.0909. The van der Waals surface area contributed by atoms with Crippen molar-refractivity contribution in [3.8, 4) is 11.6 Å². The maximum absolute atomic E-state index is 12.8. The number of benzene rings is 1. The van der Waals surface area contributed by atoms with E-state index in [0.29, 0.717) is 17.4 Å². The third-order valence-corrected chi connectivity index (χ3v) is 2.30. The molecule has 0 amide bonds. The van der Waals surface area contributed by atoms with E-state index in [0.717, 1.165) is 0 Å². The van der Waals surface area contributed by atoms with Crippen molar-refractivity contribution in [2.45, 2.75) is 0 Å². The van der Waals surface area contributed by atoms with Crippen LogP contribution in [0.4, 0.5) is 10.2 Å². The Hall–Kier alpha value is -1.88. The van der Waals surface area contributed by atoms with Crippen molar-refractivity contribution in [1.82, 2.24) is 9.97 Å². The Morgan fingerprint density at radius 1 is 1.29 bits per heavy atom. The quantitative estimate of drug-likeness (QED) is 0.913. The van der Waals surface area contributed by atoms with Crippen LogP contribution in [0.3, 0.4) is 0 Å². The Kier molecular flexibility index (Phi) is 3.39. The zero-order chi connectivity index (χ0) is 12.3. The molecular weight excluding hydrogens is 245 g/mol. The summed E-state index contributed by atoms with van der Waals surface area (Å²) in [6.07, 6.45) is 1.36. The highest BCUT2D eigenvalue weighted by Crippen LogP contribution is 2.29. The summed E-state index contributed by atoms with van der Waals surface area (Å²) in [4.78, 5) is 7.86. The summed E-state index contributed by atoms with van der Waals surface area (Å²) in [7, 11) is 1.73. The highest BCUT2D eigenvalue weighted by atomic mass is 35.5. The number of hydrogen-bond donors (Lipinski definition) is 1. The lowest BCUT2D eigenvalue weighted by Gasteiger charge is -2.07. The van der Waals surface area contributed by atoms with Crippen LogP contribution in [0.25, 0.3) is 0 Å². The molecule has 0 aliphatic rings. The first-order chi connectivity index (χ1) is 8.19. The highest BCUT2D eigenvalue weighted by molar-refractivity contribution is 6.32. The van der Waals surface area contributed by atoms with Crippen LogP contribution in [0, 0.1) is 5.82 Å². The molecule has 4 nitrogen and oxygen atoms in total. The number of nitrogens with zero attached hydrogens (tertiary/aromatic N) is 2. The second-order valence-corrected chi connectivity index (χ2v) is 3.58. The predicted molar refractivity (Wildman–Crippen MR) is 63.1 cm³/mol. The third-order valence-electron chi connectivity index (χ3n) is 2.01. The van der Waals surface area contributed by atoms with Crippen molar-refractivity contribution < 1.29 is 9.13 Å². The molecule has 0 spiro atoms. The first kappa shape index (κ1) is 11.6. The van der Waals surface area contributed by atoms with E-state index in [1.54, 1.807) is 13.1 Å². The van der Waals surface area contributed by atoms with Gasteiger partial charge in [-0.15, -0.1) is 0 Å². The normalized spacial score (nSPS) is 10.1. The van der Waals surface area contributed by atoms with Crippen LogP contribution < -0.4 is 10.1 Å². The molecule has 0 aliphatic heterocycles. The van der Waals surface area contributed by atoms with Gasteiger partial charge in [0, 0.05) is 13.1 Å². The molecule has 1 N–H and O–H groups in total. The molecule has 1 aromatic carbocycles. The Morgan fingerprint density at radius 2 is 2.12 bits per heavy atom. The van der Waals surface area contributed by atoms with Gasteiger partial charge in [0.25, 0.3) is 0 Å². The molecule has 0 fully saturated rings. The molecule has 0 saturated heterocycles. The van der Waals surface area contributed by atoms with Gasteiger partial charge >= 0.3 is 0 Å². The van der Waals surface area contributed by atoms with E-state index >= 15 is 0 Å². The van der Waals surface area contributed by atoms with Crippen LogP contribution in [0.2, 0.25) is 5.02 Å². The third kappa shape index (κ3) is 2.82. The summed E-state index contributed by atoms with van der Waals surface area (Å²) in [5.74, 6) is 0.876. The van der Waals surface area contributed by atoms with Crippen LogP contribution in [0.15, 0.2) is 30.6 Å². The summed E-state index contributed by atoms with van der Waals surface area (Å²) in [6, 6.07) is 5.50. The van der Waals surface area contributed by atoms with E-state index in [-0.39, 0.29) is 5.02 Å². The lowest BCUT2D eigenvalue weighted by atomic mass is 10.3. The fourth-order valence-corrected chi connectivity index (χ4v) is 1.41. The molecular formula is C11H9ClFN3O. The summed E-state index contributed by atoms with van der Waals surface area (Å²) in [5, 5.41) is 3.04. The van der Waals surface area contributed by atoms with Gasteiger partial charge in [-0.05, 0) is 18.2 Å². The van der Waals surface area contributed by atoms with Gasteiger partial charge in [-0.25, -0.2) is 14.4 Å². The second-order valence-electron chi connectivity index (χ2n) is 3.17. The number of nitrogens with one attached hydrogen (secondary N) is 1. The topological polar surface area (TPSA) is 47.0 Å². The first-order valence-electron chi connectivity index (χ1n) is 4.82. The van der Waals surface area contributed by atoms with Crippen molar-refractivity contribution in [2.75, 3.05) is 12.4 Å². The minimum absolute atomic E-state index is 0.189. The molecule has 0 unspecified atom stereocenters. The molecule has 2 rings (SSSR count). The summed E-state index contributed by atoms with van der Waals surface area (Å²) >= 11 is 5.83. The Morgan fingerprint density at radius 3 is 2.82 bits per heavy atom. The maximum atomic E-state index is 12.8. The van der Waals surface area contributed by atoms with E-state index < -0.39 is 5.82 Å². The molecule has 0 saturated carbocycles. The maximum Gasteiger partial charge on any atom is 0.224 e. The van der Waals surface area contributed by atoms with Gasteiger partial charge in [-0.3, -0.25) is 0 Å². The monoisotopic (exact) mass is 253 g/mol. The number of rotatable bonds is 3. The molecule has 1 heterocycles. The van der Waals surface area contributed by atoms with Gasteiger partial charge in [0.1, 0.15) is 23.7 Å². The molecule has 1 aromatic heterocycles. The Bertz CT molecular complexity index is 536. The SMILES string of the molecule is CNc1cc(Oc2ccc(F)cc2Cl)ncn1. The lowest BCUT2D eigenvalue weighted by molar-refractivity contribution is 0.460. The van der Waals surface area contributed by atoms with Gasteiger partial charge in [0.05, 0.1) is 5.02 Å². The fourth-order valence-electron chi connectivity index (χ4n) is 1.20. The van der Waals surface area contributed by atoms with Crippen LogP contribution in [-0.2, 0) is 0 Å². The minimum atomic E-state index is -0.416. The van der Waals surface area contributed by atoms with Gasteiger partial charge in [-0.1, -0.05) is 11.6 Å². The minimum Gasteiger partial charge on any atom is -0.437 e. The second kappa shape index (κ2) is 4.97. The first-order valence-corrected chi connectivity index (χ1v) is 5.19. The van der Waals surface area contributed by atoms with Crippen molar-refractivity contribution in [1.29, 1.82) is 0 Å². The van der Waals surface area contributed by atoms with Gasteiger partial charge in [-0.2, -0.15) is 0 Å². The summed E-state index contributed by atoms with van der Waals surface area (Å²) in [6.45, 7) is 0. The van der Waals surface area contributed by atoms with E-state index in [2.05, 4.69) is 15.3 Å². The van der Waals surface area contributed by atoms with Crippen molar-refractivity contribution in [3.05, 3.63) is 41.4 Å². The predicted octanol–water partition coefficient (Wildman–Crippen LogP) is 3.10. The van der Waals surface area contributed by atoms with Gasteiger partial charge < -0.3 is 10.1 Å². The zero-order valence-corrected chi connectivity index (χ0v) is 9.70. The van der Waals surface area contributed by atoms with Crippen LogP contribution >= 0.6 is 11.6 Å². The van der Waals surface area contributed by atoms with E-state index in [1.165, 1.54) is 24.5 Å². The number of aromatic nitrogens is 2. The molecule has 17 heavy (non-hydrogen) atoms. The Labute approximate surface area is 102 Å². The average molecular weight is 254 g/mol. The van der Waals surface area contributed by atoms with E-state index in [9.17, 15) is 4.39 Å². The molecule has 0 radical (unpaired) electrons. The molecule has 0 aliphatic carbocycles. The Balaban J connectivity index is 2.25. The summed E-state index contributed by atoms with van der Waals surface area (Å²) in [5.41, 5.74) is 0. The van der Waals surface area contributed by atoms with Crippen LogP contribution in [0.1, 0.15) is 0 Å². The van der Waals surface area contributed by atoms with E-state index in [1.807, 2.05) is 0 Å². The number of anilines is 1. The number of hydrogen-bond acceptors (Lipinski definition) is 4. The largest absolute Gasteiger partial charge is 0.437 e. The molecule has 6 heteroatoms. The van der Waals surface area contributed by atoms with Gasteiger partial charge in [0.2, 0.25) is 5.88 Å². The van der Waals surface area contributed by atoms with Gasteiger partial charge in [0.15, 0.2) is 0 Å². The van der Waals surface area contributed by atoms with Crippen LogP contribution in [0.5, 0.6) is 11.6 Å². The van der Waals surface area contributed by atoms with Crippen LogP contribution in [-0.4, -0.2) is 17.0 Å². The standard InChI is InChI=1S/C11H9ClFN3O/c1-14-10-5-11(16-6-15-10)17-9-3-2-7(13)4-8(9)12/h2-6H,1H3,(H,14,15,16). The highest BCUT2D eigenvalue weighted by Gasteiger charge is 2.06. The smallest absolute Gasteiger partial charge is 0.224 e. The molecule has 2 aromatic rings. The number of halogens is 2. The summed E-state index contributed by atoms with van der Waals surface area (Å²) < 4.78 is 18.2. The lowest BCUT2D eigenvalue weighted by Crippen LogP contribution is -1.95. The van der Waals surface area contributed by atoms with Crippen molar-refractivity contribution in [2.24, 2.45) is 0 Å². The van der Waals surface area contributed by atoms with Crippen molar-refractivity contribution >= 4 is 17.4 Å². The van der Waals surface area contributed by atoms with E-state index in [4.69, 9.17) is 16.3 Å². The zero-order valence-electron chi connectivity index (χ0n) is 8.95. The van der Waals surface area contributed by atoms with Crippen molar-refractivity contribution in [3.63, 3.8) is 0 Å².